The van der Waals surface area contributed by atoms with E-state index in [-0.39, 0.29) is 57.5 Å². The van der Waals surface area contributed by atoms with Crippen molar-refractivity contribution < 1.29 is 55.2 Å². The fraction of sp³-hybridized carbons (Fsp3) is 0.677. The molecule has 4 aliphatic rings. The van der Waals surface area contributed by atoms with Gasteiger partial charge in [0, 0.05) is 19.3 Å². The van der Waals surface area contributed by atoms with Gasteiger partial charge in [-0.1, -0.05) is 103 Å². The number of allylic oxidation sites excluding steroid dienone is 1. The molecule has 0 amide bonds. The fourth-order valence-corrected chi connectivity index (χ4v) is 15.6. The summed E-state index contributed by atoms with van der Waals surface area (Å²) in [6.07, 6.45) is 4.81. The lowest BCUT2D eigenvalue weighted by atomic mass is 9.88. The van der Waals surface area contributed by atoms with Crippen molar-refractivity contribution in [2.24, 2.45) is 5.92 Å². The van der Waals surface area contributed by atoms with Crippen molar-refractivity contribution in [2.75, 3.05) is 26.6 Å². The number of sulfone groups is 1. The molecule has 0 aromatic heterocycles. The third-order valence-corrected chi connectivity index (χ3v) is 28.7. The average molecular weight is 1120 g/mol. The number of benzene rings is 3. The van der Waals surface area contributed by atoms with Gasteiger partial charge in [0.1, 0.15) is 29.8 Å². The van der Waals surface area contributed by atoms with Gasteiger partial charge in [0.05, 0.1) is 79.8 Å². The number of hydrogen-bond donors (Lipinski definition) is 0. The quantitative estimate of drug-likeness (QED) is 0.0626. The maximum atomic E-state index is 14.2. The van der Waals surface area contributed by atoms with Crippen LogP contribution in [0.3, 0.4) is 0 Å². The third kappa shape index (κ3) is 15.0. The summed E-state index contributed by atoms with van der Waals surface area (Å²) < 4.78 is 97.2. The maximum absolute atomic E-state index is 14.2. The predicted octanol–water partition coefficient (Wildman–Crippen LogP) is 14.0. The Labute approximate surface area is 466 Å². The molecule has 0 spiro atoms. The zero-order chi connectivity index (χ0) is 56.5. The highest BCUT2D eigenvalue weighted by Crippen LogP contribution is 2.56. The molecule has 4 heterocycles. The lowest BCUT2D eigenvalue weighted by Gasteiger charge is -2.48. The minimum Gasteiger partial charge on any atom is -0.497 e. The van der Waals surface area contributed by atoms with Gasteiger partial charge in [-0.3, -0.25) is 0 Å². The largest absolute Gasteiger partial charge is 0.497 e. The molecule has 77 heavy (non-hydrogen) atoms. The van der Waals surface area contributed by atoms with Crippen LogP contribution in [0.1, 0.15) is 139 Å². The van der Waals surface area contributed by atoms with Gasteiger partial charge in [-0.05, 0) is 150 Å². The summed E-state index contributed by atoms with van der Waals surface area (Å²) in [6, 6.07) is 24.6. The second-order valence-corrected chi connectivity index (χ2v) is 38.4. The van der Waals surface area contributed by atoms with Crippen molar-refractivity contribution in [3.63, 3.8) is 0 Å². The Morgan fingerprint density at radius 3 is 1.95 bits per heavy atom. The smallest absolute Gasteiger partial charge is 0.195 e. The number of methoxy groups -OCH3 is 2. The Morgan fingerprint density at radius 1 is 0.766 bits per heavy atom. The molecule has 3 aromatic rings. The molecule has 3 aromatic carbocycles. The van der Waals surface area contributed by atoms with E-state index in [1.807, 2.05) is 54.6 Å². The van der Waals surface area contributed by atoms with Crippen LogP contribution in [0.2, 0.25) is 36.3 Å². The first kappa shape index (κ1) is 61.7. The Bertz CT molecular complexity index is 2540. The Balaban J connectivity index is 1.17. The van der Waals surface area contributed by atoms with Crippen molar-refractivity contribution >= 4 is 26.5 Å². The van der Waals surface area contributed by atoms with E-state index in [9.17, 15) is 8.42 Å². The van der Waals surface area contributed by atoms with Crippen molar-refractivity contribution in [3.05, 3.63) is 102 Å². The molecule has 1 unspecified atom stereocenters. The Kier molecular flexibility index (Phi) is 19.1. The van der Waals surface area contributed by atoms with Crippen LogP contribution >= 0.6 is 0 Å². The van der Waals surface area contributed by atoms with E-state index in [1.165, 1.54) is 5.57 Å². The van der Waals surface area contributed by atoms with Gasteiger partial charge >= 0.3 is 0 Å². The second-order valence-electron chi connectivity index (χ2n) is 26.8. The van der Waals surface area contributed by atoms with Crippen LogP contribution in [-0.2, 0) is 60.3 Å². The molecule has 12 nitrogen and oxygen atoms in total. The lowest BCUT2D eigenvalue weighted by Crippen LogP contribution is -2.59. The first-order valence-electron chi connectivity index (χ1n) is 28.3. The molecule has 430 valence electrons. The third-order valence-electron chi connectivity index (χ3n) is 17.9. The fourth-order valence-electron chi connectivity index (χ4n) is 11.6. The summed E-state index contributed by atoms with van der Waals surface area (Å²) in [7, 11) is -5.37. The van der Waals surface area contributed by atoms with Gasteiger partial charge in [-0.25, -0.2) is 8.42 Å². The maximum Gasteiger partial charge on any atom is 0.195 e. The first-order valence-corrected chi connectivity index (χ1v) is 35.8. The van der Waals surface area contributed by atoms with E-state index >= 15 is 0 Å². The van der Waals surface area contributed by atoms with Gasteiger partial charge in [-0.2, -0.15) is 0 Å². The van der Waals surface area contributed by atoms with Crippen LogP contribution in [0.4, 0.5) is 0 Å². The summed E-state index contributed by atoms with van der Waals surface area (Å²) >= 11 is 0. The van der Waals surface area contributed by atoms with Crippen LogP contribution < -0.4 is 9.47 Å². The minimum absolute atomic E-state index is 0.0966. The van der Waals surface area contributed by atoms with Crippen molar-refractivity contribution in [1.29, 1.82) is 0 Å². The van der Waals surface area contributed by atoms with E-state index in [4.69, 9.17) is 46.7 Å². The minimum atomic E-state index is -3.69. The topological polar surface area (TPSA) is 126 Å². The van der Waals surface area contributed by atoms with E-state index in [0.29, 0.717) is 32.5 Å². The normalized spacial score (nSPS) is 29.6. The molecular weight excluding hydrogens is 1020 g/mol. The second kappa shape index (κ2) is 23.9. The van der Waals surface area contributed by atoms with Gasteiger partial charge < -0.3 is 46.7 Å². The summed E-state index contributed by atoms with van der Waals surface area (Å²) in [4.78, 5) is 0.289. The van der Waals surface area contributed by atoms with E-state index in [2.05, 4.69) is 108 Å². The zero-order valence-corrected chi connectivity index (χ0v) is 52.7. The molecule has 4 fully saturated rings. The summed E-state index contributed by atoms with van der Waals surface area (Å²) in [5, 5.41) is -0.280. The molecule has 7 rings (SSSR count). The van der Waals surface area contributed by atoms with Gasteiger partial charge in [0.25, 0.3) is 0 Å². The molecule has 0 aliphatic carbocycles. The molecule has 0 N–H and O–H groups in total. The SMILES string of the molecule is COc1ccc(COC/C(C)=C/C(C)C[C@@]2(C)CC[C@H]([C@@]34CC[C@](C)(C[C@H]([C@H]5O[C@@](C)([C@@H](OCc6ccc(OC)cc6)[C@H](CCS(=O)(=O)c6ccccc6)O[Si](C)(C)C(C)(C)C)C[C@@H]5O[Si](C)(C)C(C)(C)C)O3)O4)O2)cc1. The molecular formula is C62H96O12SSi2. The highest BCUT2D eigenvalue weighted by Gasteiger charge is 2.65. The van der Waals surface area contributed by atoms with E-state index in [0.717, 1.165) is 48.3 Å². The van der Waals surface area contributed by atoms with Crippen LogP contribution in [-0.4, -0.2) is 111 Å². The van der Waals surface area contributed by atoms with Crippen molar-refractivity contribution in [2.45, 2.75) is 241 Å². The zero-order valence-electron chi connectivity index (χ0n) is 49.9. The van der Waals surface area contributed by atoms with Crippen molar-refractivity contribution in [3.8, 4) is 11.5 Å². The molecule has 4 aliphatic heterocycles. The van der Waals surface area contributed by atoms with Crippen LogP contribution in [0.25, 0.3) is 0 Å². The highest BCUT2D eigenvalue weighted by molar-refractivity contribution is 7.91. The highest BCUT2D eigenvalue weighted by atomic mass is 32.2. The summed E-state index contributed by atoms with van der Waals surface area (Å²) in [5.74, 6) is 0.756. The molecule has 11 atom stereocenters. The average Bonchev–Trinajstić information content (AvgIpc) is 4.12. The predicted molar refractivity (Wildman–Crippen MR) is 310 cm³/mol. The van der Waals surface area contributed by atoms with E-state index < -0.39 is 67.9 Å². The molecule has 2 bridgehead atoms. The lowest BCUT2D eigenvalue weighted by molar-refractivity contribution is -0.363. The Hall–Kier alpha value is -2.94. The molecule has 4 saturated heterocycles. The number of ether oxygens (including phenoxy) is 8. The molecule has 15 heteroatoms. The Morgan fingerprint density at radius 2 is 1.36 bits per heavy atom. The van der Waals surface area contributed by atoms with Crippen LogP contribution in [0, 0.1) is 5.92 Å². The monoisotopic (exact) mass is 1120 g/mol. The molecule has 0 radical (unpaired) electrons. The molecule has 0 saturated carbocycles. The van der Waals surface area contributed by atoms with Crippen molar-refractivity contribution in [1.82, 2.24) is 0 Å². The van der Waals surface area contributed by atoms with Crippen LogP contribution in [0.15, 0.2) is 95.4 Å². The summed E-state index contributed by atoms with van der Waals surface area (Å²) in [5.41, 5.74) is 1.39. The van der Waals surface area contributed by atoms with Gasteiger partial charge in [-0.15, -0.1) is 0 Å². The first-order chi connectivity index (χ1) is 35.8. The van der Waals surface area contributed by atoms with E-state index in [1.54, 1.807) is 38.5 Å². The number of hydrogen-bond acceptors (Lipinski definition) is 12. The standard InChI is InChI=1S/C62H96O12SSi2/c1-44(37-45(2)41-67-42-46-23-27-48(65-12)28-24-46)38-59(9)33-31-54(70-59)62-35-34-60(10,74-62)39-52(69-62)55-53(73-77(16,17)58(6,7)8)40-61(11,71-55)56(68-43-47-25-29-49(66-13)30-26-47)51(72-76(14,15)57(3,4)5)32-36-75(63,64)50-21-19-18-20-22-50/h18-30,37,44,51-56H,31-36,38-43H2,1-17H3/b45-37+/t44?,51-,52+,53-,54+,55+,56-,59+,60+,61+,62-/m0/s1. The number of rotatable bonds is 24. The van der Waals surface area contributed by atoms with Gasteiger partial charge in [0.2, 0.25) is 0 Å². The van der Waals surface area contributed by atoms with Gasteiger partial charge in [0.15, 0.2) is 32.3 Å². The summed E-state index contributed by atoms with van der Waals surface area (Å²) in [6.45, 7) is 34.8. The van der Waals surface area contributed by atoms with Crippen LogP contribution in [0.5, 0.6) is 11.5 Å². The number of fused-ring (bicyclic) bond motifs is 2.